The van der Waals surface area contributed by atoms with Crippen LogP contribution < -0.4 is 10.1 Å². The quantitative estimate of drug-likeness (QED) is 0.237. The summed E-state index contributed by atoms with van der Waals surface area (Å²) >= 11 is 7.11. The standard InChI is InChI=1S/C32H36Br2N2O3/c1-2-23-16-17-30(28(34)19-23)39-22-31(37)36(21-25-12-9-13-26(33)18-25)29(20-24-10-5-3-6-11-24)32(38)35-27-14-7-4-8-15-27/h3,5-6,9-13,16-19,27,29H,2,4,7-8,14-15,20-22H2,1H3,(H,35,38). The van der Waals surface area contributed by atoms with Gasteiger partial charge in [0.2, 0.25) is 5.91 Å². The highest BCUT2D eigenvalue weighted by Gasteiger charge is 2.32. The number of nitrogens with one attached hydrogen (secondary N) is 1. The number of halogens is 2. The van der Waals surface area contributed by atoms with Crippen LogP contribution in [0.5, 0.6) is 5.75 Å². The van der Waals surface area contributed by atoms with Crippen molar-refractivity contribution in [1.29, 1.82) is 0 Å². The molecule has 2 amide bonds. The second-order valence-electron chi connectivity index (χ2n) is 10.1. The van der Waals surface area contributed by atoms with Gasteiger partial charge in [-0.3, -0.25) is 9.59 Å². The van der Waals surface area contributed by atoms with E-state index in [2.05, 4.69) is 44.1 Å². The van der Waals surface area contributed by atoms with E-state index in [0.717, 1.165) is 52.2 Å². The molecular formula is C32H36Br2N2O3. The highest BCUT2D eigenvalue weighted by atomic mass is 79.9. The van der Waals surface area contributed by atoms with Crippen LogP contribution in [0.3, 0.4) is 0 Å². The van der Waals surface area contributed by atoms with E-state index in [1.165, 1.54) is 12.0 Å². The maximum absolute atomic E-state index is 13.9. The van der Waals surface area contributed by atoms with E-state index in [0.29, 0.717) is 18.7 Å². The number of amides is 2. The molecule has 0 aromatic heterocycles. The molecular weight excluding hydrogens is 620 g/mol. The van der Waals surface area contributed by atoms with Crippen molar-refractivity contribution in [2.45, 2.75) is 70.5 Å². The highest BCUT2D eigenvalue weighted by Crippen LogP contribution is 2.27. The monoisotopic (exact) mass is 654 g/mol. The Morgan fingerprint density at radius 3 is 2.36 bits per heavy atom. The number of carbonyl (C=O) groups is 2. The van der Waals surface area contributed by atoms with Gasteiger partial charge in [0.25, 0.3) is 5.91 Å². The average Bonchev–Trinajstić information content (AvgIpc) is 2.95. The maximum atomic E-state index is 13.9. The fourth-order valence-corrected chi connectivity index (χ4v) is 6.02. The van der Waals surface area contributed by atoms with Crippen molar-refractivity contribution in [3.63, 3.8) is 0 Å². The summed E-state index contributed by atoms with van der Waals surface area (Å²) in [6.45, 7) is 2.23. The molecule has 1 aliphatic rings. The van der Waals surface area contributed by atoms with Gasteiger partial charge in [-0.1, -0.05) is 90.6 Å². The Morgan fingerprint density at radius 1 is 0.923 bits per heavy atom. The third kappa shape index (κ3) is 8.67. The average molecular weight is 656 g/mol. The van der Waals surface area contributed by atoms with E-state index >= 15 is 0 Å². The molecule has 206 valence electrons. The minimum atomic E-state index is -0.671. The molecule has 0 radical (unpaired) electrons. The van der Waals surface area contributed by atoms with Crippen LogP contribution in [0.4, 0.5) is 0 Å². The van der Waals surface area contributed by atoms with Crippen LogP contribution in [0.2, 0.25) is 0 Å². The van der Waals surface area contributed by atoms with Crippen LogP contribution in [0.1, 0.15) is 55.7 Å². The minimum Gasteiger partial charge on any atom is -0.483 e. The number of aryl methyl sites for hydroxylation is 1. The fourth-order valence-electron chi connectivity index (χ4n) is 5.03. The van der Waals surface area contributed by atoms with Crippen molar-refractivity contribution < 1.29 is 14.3 Å². The predicted octanol–water partition coefficient (Wildman–Crippen LogP) is 7.24. The van der Waals surface area contributed by atoms with Crippen molar-refractivity contribution in [2.75, 3.05) is 6.61 Å². The first-order valence-corrected chi connectivity index (χ1v) is 15.3. The van der Waals surface area contributed by atoms with Crippen molar-refractivity contribution >= 4 is 43.7 Å². The number of carbonyl (C=O) groups excluding carboxylic acids is 2. The zero-order valence-corrected chi connectivity index (χ0v) is 25.5. The molecule has 1 unspecified atom stereocenters. The summed E-state index contributed by atoms with van der Waals surface area (Å²) in [6, 6.07) is 23.1. The van der Waals surface area contributed by atoms with Gasteiger partial charge in [-0.2, -0.15) is 0 Å². The normalized spacial score (nSPS) is 14.4. The molecule has 3 aromatic carbocycles. The summed E-state index contributed by atoms with van der Waals surface area (Å²) in [7, 11) is 0. The van der Waals surface area contributed by atoms with Gasteiger partial charge in [-0.15, -0.1) is 0 Å². The molecule has 7 heteroatoms. The van der Waals surface area contributed by atoms with Gasteiger partial charge in [0.1, 0.15) is 11.8 Å². The fraction of sp³-hybridized carbons (Fsp3) is 0.375. The van der Waals surface area contributed by atoms with E-state index in [1.54, 1.807) is 4.90 Å². The summed E-state index contributed by atoms with van der Waals surface area (Å²) in [4.78, 5) is 29.4. The highest BCUT2D eigenvalue weighted by molar-refractivity contribution is 9.10. The number of benzene rings is 3. The molecule has 1 N–H and O–H groups in total. The first-order valence-electron chi connectivity index (χ1n) is 13.7. The Hall–Kier alpha value is -2.64. The topological polar surface area (TPSA) is 58.6 Å². The second-order valence-corrected chi connectivity index (χ2v) is 11.9. The Bertz CT molecular complexity index is 1250. The van der Waals surface area contributed by atoms with Crippen LogP contribution in [0.25, 0.3) is 0 Å². The number of nitrogens with zero attached hydrogens (tertiary/aromatic N) is 1. The number of hydrogen-bond acceptors (Lipinski definition) is 3. The van der Waals surface area contributed by atoms with E-state index in [4.69, 9.17) is 4.74 Å². The summed E-state index contributed by atoms with van der Waals surface area (Å²) in [5.74, 6) is 0.262. The van der Waals surface area contributed by atoms with Gasteiger partial charge in [-0.05, 0) is 76.1 Å². The number of rotatable bonds is 11. The van der Waals surface area contributed by atoms with E-state index in [-0.39, 0.29) is 24.5 Å². The molecule has 0 bridgehead atoms. The Kier molecular flexibility index (Phi) is 11.0. The van der Waals surface area contributed by atoms with E-state index < -0.39 is 6.04 Å². The van der Waals surface area contributed by atoms with Gasteiger partial charge in [0, 0.05) is 23.5 Å². The van der Waals surface area contributed by atoms with Crippen LogP contribution in [-0.2, 0) is 29.0 Å². The molecule has 4 rings (SSSR count). The third-order valence-electron chi connectivity index (χ3n) is 7.22. The summed E-state index contributed by atoms with van der Waals surface area (Å²) in [6.07, 6.45) is 6.74. The largest absolute Gasteiger partial charge is 0.483 e. The van der Waals surface area contributed by atoms with Gasteiger partial charge >= 0.3 is 0 Å². The van der Waals surface area contributed by atoms with Crippen LogP contribution >= 0.6 is 31.9 Å². The van der Waals surface area contributed by atoms with Crippen molar-refractivity contribution in [3.8, 4) is 5.75 Å². The summed E-state index contributed by atoms with van der Waals surface area (Å²) in [5.41, 5.74) is 3.13. The third-order valence-corrected chi connectivity index (χ3v) is 8.33. The van der Waals surface area contributed by atoms with Crippen molar-refractivity contribution in [2.24, 2.45) is 0 Å². The lowest BCUT2D eigenvalue weighted by Crippen LogP contribution is -2.53. The SMILES string of the molecule is CCc1ccc(OCC(=O)N(Cc2cccc(Br)c2)C(Cc2ccccc2)C(=O)NC2CCCCC2)c(Br)c1. The lowest BCUT2D eigenvalue weighted by Gasteiger charge is -2.33. The van der Waals surface area contributed by atoms with Gasteiger partial charge in [-0.25, -0.2) is 0 Å². The predicted molar refractivity (Wildman–Crippen MR) is 163 cm³/mol. The van der Waals surface area contributed by atoms with Crippen molar-refractivity contribution in [3.05, 3.63) is 98.4 Å². The molecule has 39 heavy (non-hydrogen) atoms. The lowest BCUT2D eigenvalue weighted by atomic mass is 9.94. The van der Waals surface area contributed by atoms with E-state index in [1.807, 2.05) is 72.8 Å². The Labute approximate surface area is 248 Å². The molecule has 1 saturated carbocycles. The molecule has 3 aromatic rings. The van der Waals surface area contributed by atoms with E-state index in [9.17, 15) is 9.59 Å². The Morgan fingerprint density at radius 2 is 1.67 bits per heavy atom. The maximum Gasteiger partial charge on any atom is 0.261 e. The number of ether oxygens (including phenoxy) is 1. The second kappa shape index (κ2) is 14.7. The summed E-state index contributed by atoms with van der Waals surface area (Å²) in [5, 5.41) is 3.28. The molecule has 0 heterocycles. The van der Waals surface area contributed by atoms with Crippen LogP contribution in [0, 0.1) is 0 Å². The van der Waals surface area contributed by atoms with Crippen molar-refractivity contribution in [1.82, 2.24) is 10.2 Å². The zero-order chi connectivity index (χ0) is 27.6. The molecule has 5 nitrogen and oxygen atoms in total. The Balaban J connectivity index is 1.61. The molecule has 0 aliphatic heterocycles. The van der Waals surface area contributed by atoms with Gasteiger partial charge in [0.15, 0.2) is 6.61 Å². The molecule has 1 aliphatic carbocycles. The lowest BCUT2D eigenvalue weighted by molar-refractivity contribution is -0.143. The minimum absolute atomic E-state index is 0.109. The van der Waals surface area contributed by atoms with Gasteiger partial charge in [0.05, 0.1) is 4.47 Å². The first-order chi connectivity index (χ1) is 18.9. The number of hydrogen-bond donors (Lipinski definition) is 1. The molecule has 1 fully saturated rings. The van der Waals surface area contributed by atoms with Crippen LogP contribution in [0.15, 0.2) is 81.7 Å². The summed E-state index contributed by atoms with van der Waals surface area (Å²) < 4.78 is 7.73. The molecule has 0 saturated heterocycles. The molecule has 0 spiro atoms. The first kappa shape index (κ1) is 29.3. The smallest absolute Gasteiger partial charge is 0.261 e. The van der Waals surface area contributed by atoms with Crippen LogP contribution in [-0.4, -0.2) is 35.4 Å². The van der Waals surface area contributed by atoms with Gasteiger partial charge < -0.3 is 15.0 Å². The zero-order valence-electron chi connectivity index (χ0n) is 22.4. The molecule has 1 atom stereocenters.